The molecular formula is C26H20BrClN2O3. The number of carbonyl (C=O) groups excluding carboxylic acids is 1. The molecule has 0 radical (unpaired) electrons. The van der Waals surface area contributed by atoms with Crippen LogP contribution in [0.25, 0.3) is 11.8 Å². The van der Waals surface area contributed by atoms with Crippen molar-refractivity contribution in [2.75, 3.05) is 7.11 Å². The Bertz CT molecular complexity index is 1290. The maximum Gasteiger partial charge on any atom is 0.185 e. The van der Waals surface area contributed by atoms with Gasteiger partial charge in [-0.25, -0.2) is 4.98 Å². The second-order valence-corrected chi connectivity index (χ2v) is 8.47. The fraction of sp³-hybridized carbons (Fsp3) is 0.0769. The van der Waals surface area contributed by atoms with E-state index in [0.717, 1.165) is 21.3 Å². The zero-order valence-electron chi connectivity index (χ0n) is 17.7. The van der Waals surface area contributed by atoms with Gasteiger partial charge >= 0.3 is 0 Å². The Morgan fingerprint density at radius 1 is 1.09 bits per heavy atom. The molecule has 0 fully saturated rings. The predicted octanol–water partition coefficient (Wildman–Crippen LogP) is 6.77. The number of allylic oxidation sites excluding steroid dienone is 1. The van der Waals surface area contributed by atoms with Gasteiger partial charge in [0.25, 0.3) is 0 Å². The van der Waals surface area contributed by atoms with E-state index in [0.29, 0.717) is 22.1 Å². The number of methoxy groups -OCH3 is 1. The summed E-state index contributed by atoms with van der Waals surface area (Å²) in [5.41, 5.74) is 3.26. The Labute approximate surface area is 205 Å². The van der Waals surface area contributed by atoms with Crippen LogP contribution >= 0.6 is 27.5 Å². The molecule has 0 N–H and O–H groups in total. The van der Waals surface area contributed by atoms with Gasteiger partial charge in [0.1, 0.15) is 18.1 Å². The number of rotatable bonds is 8. The third kappa shape index (κ3) is 5.72. The van der Waals surface area contributed by atoms with Crippen molar-refractivity contribution in [3.63, 3.8) is 0 Å². The second-order valence-electron chi connectivity index (χ2n) is 7.15. The smallest absolute Gasteiger partial charge is 0.185 e. The van der Waals surface area contributed by atoms with E-state index >= 15 is 0 Å². The minimum Gasteiger partial charge on any atom is -0.496 e. The Morgan fingerprint density at radius 2 is 1.88 bits per heavy atom. The normalized spacial score (nSPS) is 11.0. The number of ether oxygens (including phenoxy) is 2. The van der Waals surface area contributed by atoms with Crippen LogP contribution in [-0.2, 0) is 6.61 Å². The van der Waals surface area contributed by atoms with Gasteiger partial charge in [-0.1, -0.05) is 39.7 Å². The van der Waals surface area contributed by atoms with E-state index in [2.05, 4.69) is 20.9 Å². The summed E-state index contributed by atoms with van der Waals surface area (Å²) in [7, 11) is 1.61. The van der Waals surface area contributed by atoms with Gasteiger partial charge in [0.05, 0.1) is 18.5 Å². The molecule has 4 rings (SSSR count). The van der Waals surface area contributed by atoms with Crippen molar-refractivity contribution in [3.05, 3.63) is 112 Å². The number of aromatic nitrogens is 2. The van der Waals surface area contributed by atoms with Crippen LogP contribution in [0.4, 0.5) is 0 Å². The highest BCUT2D eigenvalue weighted by atomic mass is 79.9. The number of nitrogens with zero attached hydrogens (tertiary/aromatic N) is 2. The summed E-state index contributed by atoms with van der Waals surface area (Å²) in [4.78, 5) is 16.7. The lowest BCUT2D eigenvalue weighted by atomic mass is 10.1. The first-order chi connectivity index (χ1) is 16.0. The highest BCUT2D eigenvalue weighted by Crippen LogP contribution is 2.30. The second kappa shape index (κ2) is 10.5. The molecule has 0 atom stereocenters. The maximum atomic E-state index is 12.6. The van der Waals surface area contributed by atoms with Crippen LogP contribution in [0, 0.1) is 0 Å². The molecule has 0 aliphatic heterocycles. The van der Waals surface area contributed by atoms with Crippen molar-refractivity contribution in [2.45, 2.75) is 6.61 Å². The molecule has 0 aliphatic rings. The molecular weight excluding hydrogens is 504 g/mol. The minimum absolute atomic E-state index is 0.0811. The van der Waals surface area contributed by atoms with Gasteiger partial charge in [0.2, 0.25) is 0 Å². The molecule has 0 aliphatic carbocycles. The van der Waals surface area contributed by atoms with Crippen molar-refractivity contribution < 1.29 is 14.3 Å². The Balaban J connectivity index is 1.46. The number of ketones is 1. The number of carbonyl (C=O) groups is 1. The van der Waals surface area contributed by atoms with Gasteiger partial charge in [-0.2, -0.15) is 0 Å². The molecule has 33 heavy (non-hydrogen) atoms. The molecule has 3 aromatic carbocycles. The molecule has 0 unspecified atom stereocenters. The largest absolute Gasteiger partial charge is 0.496 e. The molecule has 0 bridgehead atoms. The number of benzene rings is 3. The van der Waals surface area contributed by atoms with E-state index in [9.17, 15) is 4.79 Å². The average molecular weight is 524 g/mol. The van der Waals surface area contributed by atoms with Gasteiger partial charge in [-0.05, 0) is 66.2 Å². The van der Waals surface area contributed by atoms with Crippen LogP contribution in [0.3, 0.4) is 0 Å². The molecule has 0 spiro atoms. The standard InChI is InChI=1S/C26H20BrClN2O3/c1-32-25-10-3-18(14-20(25)16-33-26-11-6-21(27)15-23(26)28)2-9-24(31)19-4-7-22(8-5-19)30-13-12-29-17-30/h2-15,17H,16H2,1H3/b9-2+. The topological polar surface area (TPSA) is 53.4 Å². The molecule has 4 aromatic rings. The Hall–Kier alpha value is -3.35. The summed E-state index contributed by atoms with van der Waals surface area (Å²) in [6.45, 7) is 0.274. The summed E-state index contributed by atoms with van der Waals surface area (Å²) in [5, 5.41) is 0.518. The first-order valence-electron chi connectivity index (χ1n) is 10.1. The number of hydrogen-bond donors (Lipinski definition) is 0. The predicted molar refractivity (Wildman–Crippen MR) is 133 cm³/mol. The highest BCUT2D eigenvalue weighted by Gasteiger charge is 2.08. The third-order valence-corrected chi connectivity index (χ3v) is 5.75. The van der Waals surface area contributed by atoms with E-state index in [1.54, 1.807) is 56.1 Å². The zero-order chi connectivity index (χ0) is 23.2. The highest BCUT2D eigenvalue weighted by molar-refractivity contribution is 9.10. The molecule has 7 heteroatoms. The van der Waals surface area contributed by atoms with E-state index in [-0.39, 0.29) is 12.4 Å². The lowest BCUT2D eigenvalue weighted by Gasteiger charge is -2.12. The SMILES string of the molecule is COc1ccc(/C=C/C(=O)c2ccc(-n3ccnc3)cc2)cc1COc1ccc(Br)cc1Cl. The molecule has 5 nitrogen and oxygen atoms in total. The molecule has 0 amide bonds. The average Bonchev–Trinajstić information content (AvgIpc) is 3.37. The van der Waals surface area contributed by atoms with Crippen molar-refractivity contribution in [2.24, 2.45) is 0 Å². The van der Waals surface area contributed by atoms with E-state index in [1.807, 2.05) is 47.2 Å². The molecule has 0 saturated carbocycles. The van der Waals surface area contributed by atoms with E-state index in [4.69, 9.17) is 21.1 Å². The zero-order valence-corrected chi connectivity index (χ0v) is 20.1. The Kier molecular flexibility index (Phi) is 7.27. The quantitative estimate of drug-likeness (QED) is 0.189. The van der Waals surface area contributed by atoms with Crippen LogP contribution in [0.15, 0.2) is 89.9 Å². The maximum absolute atomic E-state index is 12.6. The number of hydrogen-bond acceptors (Lipinski definition) is 4. The van der Waals surface area contributed by atoms with Crippen LogP contribution in [0.2, 0.25) is 5.02 Å². The van der Waals surface area contributed by atoms with Gasteiger partial charge in [0.15, 0.2) is 5.78 Å². The fourth-order valence-corrected chi connectivity index (χ4v) is 3.97. The summed E-state index contributed by atoms with van der Waals surface area (Å²) in [6.07, 6.45) is 8.62. The van der Waals surface area contributed by atoms with Gasteiger partial charge < -0.3 is 14.0 Å². The molecule has 166 valence electrons. The molecule has 1 aromatic heterocycles. The summed E-state index contributed by atoms with van der Waals surface area (Å²) >= 11 is 9.63. The van der Waals surface area contributed by atoms with Crippen molar-refractivity contribution in [1.82, 2.24) is 9.55 Å². The lowest BCUT2D eigenvalue weighted by Crippen LogP contribution is -2.00. The van der Waals surface area contributed by atoms with E-state index < -0.39 is 0 Å². The van der Waals surface area contributed by atoms with Crippen LogP contribution in [0.1, 0.15) is 21.5 Å². The van der Waals surface area contributed by atoms with Crippen molar-refractivity contribution >= 4 is 39.4 Å². The van der Waals surface area contributed by atoms with Crippen molar-refractivity contribution in [3.8, 4) is 17.2 Å². The van der Waals surface area contributed by atoms with Gasteiger partial charge in [-0.3, -0.25) is 4.79 Å². The molecule has 1 heterocycles. The van der Waals surface area contributed by atoms with Crippen LogP contribution in [-0.4, -0.2) is 22.4 Å². The van der Waals surface area contributed by atoms with Crippen LogP contribution in [0.5, 0.6) is 11.5 Å². The van der Waals surface area contributed by atoms with Gasteiger partial charge in [0, 0.05) is 33.7 Å². The lowest BCUT2D eigenvalue weighted by molar-refractivity contribution is 0.104. The first-order valence-corrected chi connectivity index (χ1v) is 11.3. The Morgan fingerprint density at radius 3 is 2.58 bits per heavy atom. The minimum atomic E-state index is -0.0811. The summed E-state index contributed by atoms with van der Waals surface area (Å²) < 4.78 is 14.1. The van der Waals surface area contributed by atoms with Gasteiger partial charge in [-0.15, -0.1) is 0 Å². The van der Waals surface area contributed by atoms with Crippen LogP contribution < -0.4 is 9.47 Å². The number of halogens is 2. The summed E-state index contributed by atoms with van der Waals surface area (Å²) in [6, 6.07) is 18.5. The fourth-order valence-electron chi connectivity index (χ4n) is 3.24. The number of imidazole rings is 1. The summed E-state index contributed by atoms with van der Waals surface area (Å²) in [5.74, 6) is 1.20. The molecule has 0 saturated heterocycles. The van der Waals surface area contributed by atoms with Crippen molar-refractivity contribution in [1.29, 1.82) is 0 Å². The monoisotopic (exact) mass is 522 g/mol. The first kappa shape index (κ1) is 22.8. The third-order valence-electron chi connectivity index (χ3n) is 4.96. The van der Waals surface area contributed by atoms with E-state index in [1.165, 1.54) is 0 Å².